The highest BCUT2D eigenvalue weighted by atomic mass is 32.1. The summed E-state index contributed by atoms with van der Waals surface area (Å²) in [6.45, 7) is 8.75. The van der Waals surface area contributed by atoms with E-state index in [2.05, 4.69) is 12.0 Å². The lowest BCUT2D eigenvalue weighted by atomic mass is 10.2. The topological polar surface area (TPSA) is 68.9 Å². The minimum absolute atomic E-state index is 0.0215. The molecule has 1 N–H and O–H groups in total. The molecular weight excluding hydrogens is 340 g/mol. The molecule has 25 heavy (non-hydrogen) atoms. The van der Waals surface area contributed by atoms with Crippen LogP contribution in [0, 0.1) is 6.92 Å². The molecule has 1 saturated heterocycles. The SMILES string of the molecule is CCOCCn1cnc2sc(C(=O)N3CC[NH+](C)CC3)c(C)c2c1=O. The van der Waals surface area contributed by atoms with Gasteiger partial charge in [0.25, 0.3) is 11.5 Å². The van der Waals surface area contributed by atoms with Crippen LogP contribution in [-0.4, -0.2) is 66.8 Å². The van der Waals surface area contributed by atoms with Gasteiger partial charge < -0.3 is 14.5 Å². The Bertz CT molecular complexity index is 821. The third-order valence-electron chi connectivity index (χ3n) is 4.70. The zero-order chi connectivity index (χ0) is 18.0. The highest BCUT2D eigenvalue weighted by Crippen LogP contribution is 2.28. The van der Waals surface area contributed by atoms with E-state index in [1.807, 2.05) is 18.7 Å². The summed E-state index contributed by atoms with van der Waals surface area (Å²) >= 11 is 1.32. The quantitative estimate of drug-likeness (QED) is 0.744. The molecule has 1 fully saturated rings. The number of aromatic nitrogens is 2. The predicted molar refractivity (Wildman–Crippen MR) is 97.6 cm³/mol. The second-order valence-electron chi connectivity index (χ2n) is 6.43. The van der Waals surface area contributed by atoms with E-state index in [1.165, 1.54) is 16.2 Å². The summed E-state index contributed by atoms with van der Waals surface area (Å²) in [5, 5.41) is 0.562. The first-order valence-corrected chi connectivity index (χ1v) is 9.51. The van der Waals surface area contributed by atoms with Gasteiger partial charge in [0.15, 0.2) is 0 Å². The van der Waals surface area contributed by atoms with E-state index in [0.29, 0.717) is 34.9 Å². The number of nitrogens with zero attached hydrogens (tertiary/aromatic N) is 3. The van der Waals surface area contributed by atoms with E-state index in [1.54, 1.807) is 10.9 Å². The number of amides is 1. The fourth-order valence-electron chi connectivity index (χ4n) is 3.06. The molecular formula is C17H25N4O3S+. The average molecular weight is 365 g/mol. The normalized spacial score (nSPS) is 15.9. The van der Waals surface area contributed by atoms with Crippen LogP contribution in [0.5, 0.6) is 0 Å². The van der Waals surface area contributed by atoms with Crippen LogP contribution in [-0.2, 0) is 11.3 Å². The average Bonchev–Trinajstić information content (AvgIpc) is 2.94. The minimum Gasteiger partial charge on any atom is -0.380 e. The molecule has 7 nitrogen and oxygen atoms in total. The predicted octanol–water partition coefficient (Wildman–Crippen LogP) is -0.227. The summed E-state index contributed by atoms with van der Waals surface area (Å²) < 4.78 is 6.88. The molecule has 0 saturated carbocycles. The minimum atomic E-state index is -0.0969. The Hall–Kier alpha value is -1.77. The van der Waals surface area contributed by atoms with Crippen LogP contribution in [0.2, 0.25) is 0 Å². The number of carbonyl (C=O) groups is 1. The summed E-state index contributed by atoms with van der Waals surface area (Å²) in [6, 6.07) is 0. The molecule has 1 amide bonds. The Kier molecular flexibility index (Phi) is 5.51. The van der Waals surface area contributed by atoms with Crippen molar-refractivity contribution in [3.63, 3.8) is 0 Å². The van der Waals surface area contributed by atoms with Crippen LogP contribution in [0.3, 0.4) is 0 Å². The lowest BCUT2D eigenvalue weighted by Crippen LogP contribution is -3.12. The van der Waals surface area contributed by atoms with Gasteiger partial charge in [0, 0.05) is 6.61 Å². The molecule has 0 radical (unpaired) electrons. The molecule has 1 aliphatic rings. The van der Waals surface area contributed by atoms with Crippen molar-refractivity contribution >= 4 is 27.5 Å². The third kappa shape index (κ3) is 3.61. The van der Waals surface area contributed by atoms with Gasteiger partial charge in [-0.15, -0.1) is 11.3 Å². The molecule has 0 spiro atoms. The number of ether oxygens (including phenoxy) is 1. The number of hydrogen-bond acceptors (Lipinski definition) is 5. The van der Waals surface area contributed by atoms with Gasteiger partial charge in [0.1, 0.15) is 4.83 Å². The van der Waals surface area contributed by atoms with Gasteiger partial charge in [-0.1, -0.05) is 0 Å². The molecule has 2 aromatic rings. The monoisotopic (exact) mass is 365 g/mol. The Morgan fingerprint density at radius 1 is 1.40 bits per heavy atom. The number of nitrogens with one attached hydrogen (secondary N) is 1. The van der Waals surface area contributed by atoms with Crippen molar-refractivity contribution < 1.29 is 14.4 Å². The van der Waals surface area contributed by atoms with Crippen LogP contribution in [0.25, 0.3) is 10.2 Å². The molecule has 0 unspecified atom stereocenters. The van der Waals surface area contributed by atoms with Crippen molar-refractivity contribution in [1.29, 1.82) is 0 Å². The first kappa shape index (κ1) is 18.0. The molecule has 136 valence electrons. The van der Waals surface area contributed by atoms with E-state index in [-0.39, 0.29) is 11.5 Å². The van der Waals surface area contributed by atoms with Crippen molar-refractivity contribution in [1.82, 2.24) is 14.5 Å². The number of rotatable bonds is 5. The maximum atomic E-state index is 12.9. The molecule has 2 aromatic heterocycles. The van der Waals surface area contributed by atoms with Gasteiger partial charge in [0.2, 0.25) is 0 Å². The summed E-state index contributed by atoms with van der Waals surface area (Å²) in [5.41, 5.74) is 0.653. The molecule has 1 aliphatic heterocycles. The zero-order valence-corrected chi connectivity index (χ0v) is 15.8. The van der Waals surface area contributed by atoms with Crippen LogP contribution in [0.15, 0.2) is 11.1 Å². The summed E-state index contributed by atoms with van der Waals surface area (Å²) in [5.74, 6) is 0.0215. The summed E-state index contributed by atoms with van der Waals surface area (Å²) in [4.78, 5) is 34.6. The van der Waals surface area contributed by atoms with E-state index in [4.69, 9.17) is 4.74 Å². The van der Waals surface area contributed by atoms with Crippen LogP contribution in [0.1, 0.15) is 22.2 Å². The second kappa shape index (κ2) is 7.63. The number of aryl methyl sites for hydroxylation is 1. The first-order chi connectivity index (χ1) is 12.0. The van der Waals surface area contributed by atoms with Crippen LogP contribution >= 0.6 is 11.3 Å². The van der Waals surface area contributed by atoms with E-state index in [0.717, 1.165) is 31.7 Å². The lowest BCUT2D eigenvalue weighted by Gasteiger charge is -2.29. The van der Waals surface area contributed by atoms with Gasteiger partial charge in [-0.2, -0.15) is 0 Å². The highest BCUT2D eigenvalue weighted by molar-refractivity contribution is 7.20. The van der Waals surface area contributed by atoms with Crippen molar-refractivity contribution in [2.45, 2.75) is 20.4 Å². The molecule has 0 aromatic carbocycles. The fourth-order valence-corrected chi connectivity index (χ4v) is 4.17. The van der Waals surface area contributed by atoms with Crippen LogP contribution < -0.4 is 10.5 Å². The number of thiophene rings is 1. The van der Waals surface area contributed by atoms with Crippen molar-refractivity contribution in [3.8, 4) is 0 Å². The van der Waals surface area contributed by atoms with Crippen molar-refractivity contribution in [3.05, 3.63) is 27.1 Å². The van der Waals surface area contributed by atoms with Gasteiger partial charge in [-0.25, -0.2) is 4.98 Å². The summed E-state index contributed by atoms with van der Waals surface area (Å²) in [7, 11) is 2.14. The van der Waals surface area contributed by atoms with Gasteiger partial charge in [-0.05, 0) is 19.4 Å². The number of hydrogen-bond donors (Lipinski definition) is 1. The molecule has 8 heteroatoms. The number of carbonyl (C=O) groups excluding carboxylic acids is 1. The first-order valence-electron chi connectivity index (χ1n) is 8.69. The number of likely N-dealkylation sites (N-methyl/N-ethyl adjacent to an activating group) is 1. The van der Waals surface area contributed by atoms with Gasteiger partial charge in [-0.3, -0.25) is 14.2 Å². The fraction of sp³-hybridized carbons (Fsp3) is 0.588. The Morgan fingerprint density at radius 3 is 2.80 bits per heavy atom. The highest BCUT2D eigenvalue weighted by Gasteiger charge is 2.27. The second-order valence-corrected chi connectivity index (χ2v) is 7.42. The smallest absolute Gasteiger partial charge is 0.264 e. The third-order valence-corrected chi connectivity index (χ3v) is 5.88. The Morgan fingerprint density at radius 2 is 2.12 bits per heavy atom. The van der Waals surface area contributed by atoms with Gasteiger partial charge >= 0.3 is 0 Å². The van der Waals surface area contributed by atoms with E-state index in [9.17, 15) is 9.59 Å². The molecule has 0 atom stereocenters. The summed E-state index contributed by atoms with van der Waals surface area (Å²) in [6.07, 6.45) is 1.55. The molecule has 3 heterocycles. The number of piperazine rings is 1. The standard InChI is InChI=1S/C17H24N4O3S/c1-4-24-10-9-21-11-18-15-13(16(21)22)12(2)14(25-15)17(23)20-7-5-19(3)6-8-20/h11H,4-10H2,1-3H3/p+1. The van der Waals surface area contributed by atoms with Gasteiger partial charge in [0.05, 0.1) is 63.0 Å². The van der Waals surface area contributed by atoms with E-state index >= 15 is 0 Å². The number of fused-ring (bicyclic) bond motifs is 1. The molecule has 3 rings (SSSR count). The van der Waals surface area contributed by atoms with E-state index < -0.39 is 0 Å². The maximum absolute atomic E-state index is 12.9. The molecule has 0 aliphatic carbocycles. The van der Waals surface area contributed by atoms with Crippen molar-refractivity contribution in [2.24, 2.45) is 0 Å². The van der Waals surface area contributed by atoms with Crippen molar-refractivity contribution in [2.75, 3.05) is 46.4 Å². The zero-order valence-electron chi connectivity index (χ0n) is 15.0. The van der Waals surface area contributed by atoms with Crippen LogP contribution in [0.4, 0.5) is 0 Å². The Balaban J connectivity index is 1.90. The maximum Gasteiger partial charge on any atom is 0.264 e. The molecule has 0 bridgehead atoms. The largest absolute Gasteiger partial charge is 0.380 e. The number of quaternary nitrogens is 1. The lowest BCUT2D eigenvalue weighted by molar-refractivity contribution is -0.883. The Labute approximate surface area is 150 Å².